The summed E-state index contributed by atoms with van der Waals surface area (Å²) in [5.74, 6) is -0.899. The zero-order chi connectivity index (χ0) is 18.4. The number of piperidine rings is 1. The zero-order valence-corrected chi connectivity index (χ0v) is 14.6. The van der Waals surface area contributed by atoms with Crippen LogP contribution in [0.3, 0.4) is 0 Å². The Hall–Kier alpha value is -2.57. The highest BCUT2D eigenvalue weighted by molar-refractivity contribution is 5.96. The van der Waals surface area contributed by atoms with Gasteiger partial charge >= 0.3 is 5.97 Å². The molecule has 1 N–H and O–H groups in total. The predicted octanol–water partition coefficient (Wildman–Crippen LogP) is 1.48. The largest absolute Gasteiger partial charge is 0.494 e. The first-order chi connectivity index (χ1) is 11.9. The van der Waals surface area contributed by atoms with Gasteiger partial charge in [0.25, 0.3) is 5.91 Å². The minimum absolute atomic E-state index is 0.0240. The molecule has 7 heteroatoms. The lowest BCUT2D eigenvalue weighted by Crippen LogP contribution is -2.45. The van der Waals surface area contributed by atoms with Crippen LogP contribution in [0.2, 0.25) is 0 Å². The van der Waals surface area contributed by atoms with E-state index < -0.39 is 5.97 Å². The van der Waals surface area contributed by atoms with Gasteiger partial charge < -0.3 is 19.6 Å². The number of carboxylic acid groups (broad SMARTS) is 1. The van der Waals surface area contributed by atoms with E-state index in [0.29, 0.717) is 43.9 Å². The van der Waals surface area contributed by atoms with Gasteiger partial charge in [-0.2, -0.15) is 0 Å². The highest BCUT2D eigenvalue weighted by Crippen LogP contribution is 2.18. The number of likely N-dealkylation sites (N-methyl/N-ethyl adjacent to an activating group) is 1. The SMILES string of the molecule is CCOc1ccc(C(=O)N(C)CC(=O)N2CCC(C(=O)O)CC2)cc1. The summed E-state index contributed by atoms with van der Waals surface area (Å²) >= 11 is 0. The summed E-state index contributed by atoms with van der Waals surface area (Å²) in [6.07, 6.45) is 0.912. The molecule has 0 unspecified atom stereocenters. The second kappa shape index (κ2) is 8.50. The number of likely N-dealkylation sites (tertiary alicyclic amines) is 1. The van der Waals surface area contributed by atoms with Crippen molar-refractivity contribution in [1.29, 1.82) is 0 Å². The maximum absolute atomic E-state index is 12.4. The highest BCUT2D eigenvalue weighted by Gasteiger charge is 2.28. The molecule has 0 spiro atoms. The van der Waals surface area contributed by atoms with Crippen molar-refractivity contribution >= 4 is 17.8 Å². The van der Waals surface area contributed by atoms with Crippen LogP contribution in [-0.4, -0.2) is 66.0 Å². The van der Waals surface area contributed by atoms with Crippen LogP contribution in [-0.2, 0) is 9.59 Å². The molecule has 1 aliphatic heterocycles. The van der Waals surface area contributed by atoms with Gasteiger partial charge in [0, 0.05) is 25.7 Å². The summed E-state index contributed by atoms with van der Waals surface area (Å²) < 4.78 is 5.34. The number of ether oxygens (including phenoxy) is 1. The molecule has 1 fully saturated rings. The lowest BCUT2D eigenvalue weighted by atomic mass is 9.97. The fraction of sp³-hybridized carbons (Fsp3) is 0.500. The Bertz CT molecular complexity index is 621. The van der Waals surface area contributed by atoms with Crippen LogP contribution >= 0.6 is 0 Å². The van der Waals surface area contributed by atoms with E-state index in [0.717, 1.165) is 0 Å². The summed E-state index contributed by atoms with van der Waals surface area (Å²) in [6.45, 7) is 3.25. The Kier molecular flexibility index (Phi) is 6.38. The molecule has 0 aromatic heterocycles. The van der Waals surface area contributed by atoms with Crippen LogP contribution in [0, 0.1) is 5.92 Å². The Balaban J connectivity index is 1.88. The molecular formula is C18H24N2O5. The number of nitrogens with zero attached hydrogens (tertiary/aromatic N) is 2. The van der Waals surface area contributed by atoms with Gasteiger partial charge in [-0.15, -0.1) is 0 Å². The van der Waals surface area contributed by atoms with Crippen LogP contribution in [0.4, 0.5) is 0 Å². The Morgan fingerprint density at radius 3 is 2.32 bits per heavy atom. The Labute approximate surface area is 147 Å². The molecule has 0 saturated carbocycles. The molecule has 0 aliphatic carbocycles. The van der Waals surface area contributed by atoms with E-state index in [1.54, 1.807) is 36.2 Å². The van der Waals surface area contributed by atoms with Crippen LogP contribution < -0.4 is 4.74 Å². The van der Waals surface area contributed by atoms with Crippen LogP contribution in [0.25, 0.3) is 0 Å². The minimum Gasteiger partial charge on any atom is -0.494 e. The zero-order valence-electron chi connectivity index (χ0n) is 14.6. The molecule has 1 saturated heterocycles. The standard InChI is InChI=1S/C18H24N2O5/c1-3-25-15-6-4-13(5-7-15)17(22)19(2)12-16(21)20-10-8-14(9-11-20)18(23)24/h4-7,14H,3,8-12H2,1-2H3,(H,23,24). The first-order valence-corrected chi connectivity index (χ1v) is 8.41. The van der Waals surface area contributed by atoms with Crippen molar-refractivity contribution in [3.05, 3.63) is 29.8 Å². The van der Waals surface area contributed by atoms with Crippen molar-refractivity contribution in [1.82, 2.24) is 9.80 Å². The van der Waals surface area contributed by atoms with Crippen molar-refractivity contribution in [3.8, 4) is 5.75 Å². The Morgan fingerprint density at radius 1 is 1.20 bits per heavy atom. The molecule has 1 aromatic rings. The predicted molar refractivity (Wildman–Crippen MR) is 91.5 cm³/mol. The van der Waals surface area contributed by atoms with E-state index in [-0.39, 0.29) is 24.3 Å². The highest BCUT2D eigenvalue weighted by atomic mass is 16.5. The van der Waals surface area contributed by atoms with Gasteiger partial charge in [-0.3, -0.25) is 14.4 Å². The fourth-order valence-electron chi connectivity index (χ4n) is 2.83. The summed E-state index contributed by atoms with van der Waals surface area (Å²) in [7, 11) is 1.58. The number of hydrogen-bond donors (Lipinski definition) is 1. The first-order valence-electron chi connectivity index (χ1n) is 8.41. The molecule has 0 atom stereocenters. The average Bonchev–Trinajstić information content (AvgIpc) is 2.62. The number of carbonyl (C=O) groups excluding carboxylic acids is 2. The second-order valence-electron chi connectivity index (χ2n) is 6.11. The smallest absolute Gasteiger partial charge is 0.306 e. The van der Waals surface area contributed by atoms with E-state index in [1.807, 2.05) is 6.92 Å². The first kappa shape index (κ1) is 18.8. The molecule has 25 heavy (non-hydrogen) atoms. The molecule has 0 bridgehead atoms. The van der Waals surface area contributed by atoms with Crippen molar-refractivity contribution in [2.45, 2.75) is 19.8 Å². The van der Waals surface area contributed by atoms with Gasteiger partial charge in [-0.25, -0.2) is 0 Å². The number of amides is 2. The molecule has 136 valence electrons. The minimum atomic E-state index is -0.810. The van der Waals surface area contributed by atoms with Gasteiger partial charge in [-0.05, 0) is 44.0 Å². The van der Waals surface area contributed by atoms with Gasteiger partial charge in [0.15, 0.2) is 0 Å². The van der Waals surface area contributed by atoms with Gasteiger partial charge in [-0.1, -0.05) is 0 Å². The number of rotatable bonds is 6. The van der Waals surface area contributed by atoms with Crippen LogP contribution in [0.15, 0.2) is 24.3 Å². The van der Waals surface area contributed by atoms with Crippen LogP contribution in [0.1, 0.15) is 30.1 Å². The van der Waals surface area contributed by atoms with Crippen molar-refractivity contribution in [3.63, 3.8) is 0 Å². The van der Waals surface area contributed by atoms with E-state index >= 15 is 0 Å². The monoisotopic (exact) mass is 348 g/mol. The lowest BCUT2D eigenvalue weighted by molar-refractivity contribution is -0.145. The van der Waals surface area contributed by atoms with E-state index in [1.165, 1.54) is 4.90 Å². The normalized spacial score (nSPS) is 14.9. The molecule has 7 nitrogen and oxygen atoms in total. The maximum Gasteiger partial charge on any atom is 0.306 e. The molecule has 1 heterocycles. The van der Waals surface area contributed by atoms with Gasteiger partial charge in [0.1, 0.15) is 5.75 Å². The molecule has 1 aliphatic rings. The second-order valence-corrected chi connectivity index (χ2v) is 6.11. The van der Waals surface area contributed by atoms with Crippen LogP contribution in [0.5, 0.6) is 5.75 Å². The van der Waals surface area contributed by atoms with E-state index in [2.05, 4.69) is 0 Å². The number of aliphatic carboxylic acids is 1. The third-order valence-corrected chi connectivity index (χ3v) is 4.33. The summed E-state index contributed by atoms with van der Waals surface area (Å²) in [5.41, 5.74) is 0.489. The summed E-state index contributed by atoms with van der Waals surface area (Å²) in [6, 6.07) is 6.80. The topological polar surface area (TPSA) is 87.2 Å². The third kappa shape index (κ3) is 4.95. The van der Waals surface area contributed by atoms with Gasteiger partial charge in [0.05, 0.1) is 19.1 Å². The number of carbonyl (C=O) groups is 3. The molecular weight excluding hydrogens is 324 g/mol. The number of carboxylic acids is 1. The average molecular weight is 348 g/mol. The lowest BCUT2D eigenvalue weighted by Gasteiger charge is -2.31. The number of hydrogen-bond acceptors (Lipinski definition) is 4. The summed E-state index contributed by atoms with van der Waals surface area (Å²) in [4.78, 5) is 38.7. The fourth-order valence-corrected chi connectivity index (χ4v) is 2.83. The third-order valence-electron chi connectivity index (χ3n) is 4.33. The molecule has 0 radical (unpaired) electrons. The van der Waals surface area contributed by atoms with Crippen molar-refractivity contribution in [2.24, 2.45) is 5.92 Å². The van der Waals surface area contributed by atoms with E-state index in [9.17, 15) is 14.4 Å². The number of benzene rings is 1. The quantitative estimate of drug-likeness (QED) is 0.841. The molecule has 1 aromatic carbocycles. The van der Waals surface area contributed by atoms with Crippen molar-refractivity contribution in [2.75, 3.05) is 33.3 Å². The maximum atomic E-state index is 12.4. The van der Waals surface area contributed by atoms with Crippen molar-refractivity contribution < 1.29 is 24.2 Å². The van der Waals surface area contributed by atoms with Gasteiger partial charge in [0.2, 0.25) is 5.91 Å². The molecule has 2 rings (SSSR count). The molecule has 2 amide bonds. The Morgan fingerprint density at radius 2 is 1.80 bits per heavy atom. The van der Waals surface area contributed by atoms with E-state index in [4.69, 9.17) is 9.84 Å². The summed E-state index contributed by atoms with van der Waals surface area (Å²) in [5, 5.41) is 9.00.